The van der Waals surface area contributed by atoms with E-state index in [4.69, 9.17) is 0 Å². The molecule has 0 spiro atoms. The maximum atomic E-state index is 11.5. The molecule has 4 nitrogen and oxygen atoms in total. The highest BCUT2D eigenvalue weighted by Gasteiger charge is 2.07. The van der Waals surface area contributed by atoms with Gasteiger partial charge in [-0.1, -0.05) is 19.9 Å². The number of nitrogens with zero attached hydrogens (tertiary/aromatic N) is 1. The molecule has 0 heterocycles. The van der Waals surface area contributed by atoms with Gasteiger partial charge in [-0.15, -0.1) is 6.58 Å². The monoisotopic (exact) mass is 255 g/mol. The number of hydrogen-bond donors (Lipinski definition) is 2. The van der Waals surface area contributed by atoms with E-state index in [1.807, 2.05) is 0 Å². The zero-order chi connectivity index (χ0) is 13.8. The Morgan fingerprint density at radius 3 is 2.61 bits per heavy atom. The molecule has 106 valence electrons. The van der Waals surface area contributed by atoms with Gasteiger partial charge in [0.2, 0.25) is 5.91 Å². The number of carbonyl (C=O) groups is 1. The Morgan fingerprint density at radius 2 is 2.06 bits per heavy atom. The summed E-state index contributed by atoms with van der Waals surface area (Å²) in [6.45, 7) is 14.4. The molecule has 2 N–H and O–H groups in total. The highest BCUT2D eigenvalue weighted by Crippen LogP contribution is 1.99. The topological polar surface area (TPSA) is 44.4 Å². The van der Waals surface area contributed by atoms with Crippen LogP contribution in [-0.4, -0.2) is 49.6 Å². The summed E-state index contributed by atoms with van der Waals surface area (Å²) in [5, 5.41) is 5.99. The number of rotatable bonds is 11. The molecule has 4 heteroatoms. The van der Waals surface area contributed by atoms with Crippen molar-refractivity contribution in [2.24, 2.45) is 0 Å². The van der Waals surface area contributed by atoms with Crippen molar-refractivity contribution in [1.29, 1.82) is 0 Å². The molecule has 0 aromatic heterocycles. The van der Waals surface area contributed by atoms with Crippen LogP contribution in [0.3, 0.4) is 0 Å². The van der Waals surface area contributed by atoms with E-state index in [0.29, 0.717) is 13.1 Å². The van der Waals surface area contributed by atoms with Crippen molar-refractivity contribution >= 4 is 5.91 Å². The zero-order valence-corrected chi connectivity index (χ0v) is 12.2. The highest BCUT2D eigenvalue weighted by atomic mass is 16.1. The number of amides is 1. The van der Waals surface area contributed by atoms with Gasteiger partial charge in [0.05, 0.1) is 6.54 Å². The smallest absolute Gasteiger partial charge is 0.234 e. The van der Waals surface area contributed by atoms with Gasteiger partial charge < -0.3 is 15.5 Å². The third kappa shape index (κ3) is 9.19. The molecular weight excluding hydrogens is 226 g/mol. The second-order valence-electron chi connectivity index (χ2n) is 4.56. The summed E-state index contributed by atoms with van der Waals surface area (Å²) in [5.74, 6) is 0.0622. The molecule has 0 radical (unpaired) electrons. The van der Waals surface area contributed by atoms with Crippen LogP contribution in [0, 0.1) is 0 Å². The molecule has 0 aromatic carbocycles. The molecule has 0 aliphatic heterocycles. The minimum atomic E-state index is 0.0622. The van der Waals surface area contributed by atoms with Gasteiger partial charge in [-0.05, 0) is 39.4 Å². The first kappa shape index (κ1) is 17.1. The molecule has 1 atom stereocenters. The quantitative estimate of drug-likeness (QED) is 0.433. The summed E-state index contributed by atoms with van der Waals surface area (Å²) < 4.78 is 0. The van der Waals surface area contributed by atoms with Crippen LogP contribution < -0.4 is 10.6 Å². The van der Waals surface area contributed by atoms with E-state index >= 15 is 0 Å². The lowest BCUT2D eigenvalue weighted by molar-refractivity contribution is -0.120. The average Bonchev–Trinajstić information content (AvgIpc) is 2.35. The molecule has 0 aromatic rings. The van der Waals surface area contributed by atoms with Gasteiger partial charge in [0.1, 0.15) is 0 Å². The Bertz CT molecular complexity index is 227. The average molecular weight is 255 g/mol. The van der Waals surface area contributed by atoms with Gasteiger partial charge in [0.15, 0.2) is 0 Å². The summed E-state index contributed by atoms with van der Waals surface area (Å²) in [4.78, 5) is 13.9. The van der Waals surface area contributed by atoms with Crippen LogP contribution in [0.5, 0.6) is 0 Å². The summed E-state index contributed by atoms with van der Waals surface area (Å²) in [5.41, 5.74) is 0. The van der Waals surface area contributed by atoms with Crippen LogP contribution >= 0.6 is 0 Å². The van der Waals surface area contributed by atoms with E-state index in [2.05, 4.69) is 42.9 Å². The van der Waals surface area contributed by atoms with Crippen LogP contribution in [0.2, 0.25) is 0 Å². The van der Waals surface area contributed by atoms with E-state index in [9.17, 15) is 4.79 Å². The van der Waals surface area contributed by atoms with E-state index in [-0.39, 0.29) is 11.9 Å². The second-order valence-corrected chi connectivity index (χ2v) is 4.56. The Morgan fingerprint density at radius 1 is 1.39 bits per heavy atom. The van der Waals surface area contributed by atoms with Crippen molar-refractivity contribution in [2.75, 3.05) is 32.7 Å². The normalized spacial score (nSPS) is 12.4. The Labute approximate surface area is 112 Å². The van der Waals surface area contributed by atoms with Crippen molar-refractivity contribution in [3.05, 3.63) is 12.7 Å². The van der Waals surface area contributed by atoms with Crippen molar-refractivity contribution in [1.82, 2.24) is 15.5 Å². The molecule has 0 aliphatic carbocycles. The molecule has 0 fully saturated rings. The lowest BCUT2D eigenvalue weighted by Gasteiger charge is -2.19. The largest absolute Gasteiger partial charge is 0.353 e. The third-order valence-electron chi connectivity index (χ3n) is 2.99. The second kappa shape index (κ2) is 11.2. The van der Waals surface area contributed by atoms with E-state index in [0.717, 1.165) is 32.5 Å². The Balaban J connectivity index is 3.60. The highest BCUT2D eigenvalue weighted by molar-refractivity contribution is 5.78. The first-order valence-corrected chi connectivity index (χ1v) is 6.97. The molecule has 0 bridgehead atoms. The first-order valence-electron chi connectivity index (χ1n) is 6.97. The van der Waals surface area contributed by atoms with E-state index < -0.39 is 0 Å². The molecule has 1 amide bonds. The fourth-order valence-electron chi connectivity index (χ4n) is 1.85. The minimum absolute atomic E-state index is 0.0622. The van der Waals surface area contributed by atoms with Gasteiger partial charge in [0.25, 0.3) is 0 Å². The van der Waals surface area contributed by atoms with Gasteiger partial charge in [-0.2, -0.15) is 0 Å². The molecule has 0 aliphatic rings. The maximum absolute atomic E-state index is 11.5. The SMILES string of the molecule is C=CCNCC(=O)NC(C)CCCN(CC)CC. The lowest BCUT2D eigenvalue weighted by atomic mass is 10.1. The van der Waals surface area contributed by atoms with Crippen molar-refractivity contribution < 1.29 is 4.79 Å². The molecular formula is C14H29N3O. The molecule has 18 heavy (non-hydrogen) atoms. The van der Waals surface area contributed by atoms with Crippen molar-refractivity contribution in [2.45, 2.75) is 39.7 Å². The Kier molecular flexibility index (Phi) is 10.7. The van der Waals surface area contributed by atoms with Crippen molar-refractivity contribution in [3.63, 3.8) is 0 Å². The predicted octanol–water partition coefficient (Wildman–Crippen LogP) is 1.39. The standard InChI is InChI=1S/C14H29N3O/c1-5-10-15-12-14(18)16-13(4)9-8-11-17(6-2)7-3/h5,13,15H,1,6-12H2,2-4H3,(H,16,18). The van der Waals surface area contributed by atoms with Gasteiger partial charge in [-0.25, -0.2) is 0 Å². The van der Waals surface area contributed by atoms with Gasteiger partial charge in [0, 0.05) is 12.6 Å². The van der Waals surface area contributed by atoms with E-state index in [1.54, 1.807) is 6.08 Å². The van der Waals surface area contributed by atoms with Crippen LogP contribution in [0.25, 0.3) is 0 Å². The fraction of sp³-hybridized carbons (Fsp3) is 0.786. The van der Waals surface area contributed by atoms with Gasteiger partial charge >= 0.3 is 0 Å². The number of nitrogens with one attached hydrogen (secondary N) is 2. The molecule has 0 rings (SSSR count). The predicted molar refractivity (Wildman–Crippen MR) is 77.7 cm³/mol. The fourth-order valence-corrected chi connectivity index (χ4v) is 1.85. The summed E-state index contributed by atoms with van der Waals surface area (Å²) in [6, 6.07) is 0.249. The number of carbonyl (C=O) groups excluding carboxylic acids is 1. The zero-order valence-electron chi connectivity index (χ0n) is 12.2. The van der Waals surface area contributed by atoms with Gasteiger partial charge in [-0.3, -0.25) is 4.79 Å². The molecule has 0 saturated carbocycles. The summed E-state index contributed by atoms with van der Waals surface area (Å²) >= 11 is 0. The van der Waals surface area contributed by atoms with Crippen LogP contribution in [0.15, 0.2) is 12.7 Å². The van der Waals surface area contributed by atoms with E-state index in [1.165, 1.54) is 0 Å². The van der Waals surface area contributed by atoms with Crippen LogP contribution in [-0.2, 0) is 4.79 Å². The van der Waals surface area contributed by atoms with Crippen LogP contribution in [0.1, 0.15) is 33.6 Å². The first-order chi connectivity index (χ1) is 8.63. The number of hydrogen-bond acceptors (Lipinski definition) is 3. The molecule has 0 saturated heterocycles. The molecule has 1 unspecified atom stereocenters. The Hall–Kier alpha value is -0.870. The summed E-state index contributed by atoms with van der Waals surface area (Å²) in [6.07, 6.45) is 3.91. The minimum Gasteiger partial charge on any atom is -0.353 e. The van der Waals surface area contributed by atoms with Crippen LogP contribution in [0.4, 0.5) is 0 Å². The maximum Gasteiger partial charge on any atom is 0.234 e. The lowest BCUT2D eigenvalue weighted by Crippen LogP contribution is -2.39. The van der Waals surface area contributed by atoms with Crippen molar-refractivity contribution in [3.8, 4) is 0 Å². The summed E-state index contributed by atoms with van der Waals surface area (Å²) in [7, 11) is 0. The third-order valence-corrected chi connectivity index (χ3v) is 2.99.